The van der Waals surface area contributed by atoms with Crippen molar-refractivity contribution < 1.29 is 23.7 Å². The summed E-state index contributed by atoms with van der Waals surface area (Å²) >= 11 is 0. The highest BCUT2D eigenvalue weighted by atomic mass is 16.5. The molecule has 0 fully saturated rings. The van der Waals surface area contributed by atoms with Gasteiger partial charge in [-0.2, -0.15) is 0 Å². The largest absolute Gasteiger partial charge is 0.497 e. The molecule has 4 rings (SSSR count). The third-order valence-electron chi connectivity index (χ3n) is 5.42. The predicted molar refractivity (Wildman–Crippen MR) is 122 cm³/mol. The minimum absolute atomic E-state index is 0.0466. The summed E-state index contributed by atoms with van der Waals surface area (Å²) in [6.45, 7) is 5.02. The normalized spacial score (nSPS) is 12.3. The van der Waals surface area contributed by atoms with Crippen molar-refractivity contribution in [1.29, 1.82) is 0 Å². The fourth-order valence-electron chi connectivity index (χ4n) is 3.98. The summed E-state index contributed by atoms with van der Waals surface area (Å²) in [5.41, 5.74) is 2.52. The highest BCUT2D eigenvalue weighted by Gasteiger charge is 2.25. The summed E-state index contributed by atoms with van der Waals surface area (Å²) in [6, 6.07) is 9.18. The molecule has 3 aromatic rings. The lowest BCUT2D eigenvalue weighted by Crippen LogP contribution is -2.19. The van der Waals surface area contributed by atoms with Crippen molar-refractivity contribution in [2.45, 2.75) is 33.2 Å². The monoisotopic (exact) mass is 437 g/mol. The van der Waals surface area contributed by atoms with Crippen LogP contribution in [0.25, 0.3) is 22.0 Å². The van der Waals surface area contributed by atoms with Gasteiger partial charge in [0.25, 0.3) is 0 Å². The Bertz CT molecular complexity index is 1200. The number of carbonyl (C=O) groups is 1. The van der Waals surface area contributed by atoms with E-state index in [-0.39, 0.29) is 24.5 Å². The molecule has 0 N–H and O–H groups in total. The number of methoxy groups -OCH3 is 1. The lowest BCUT2D eigenvalue weighted by Gasteiger charge is -2.18. The molecular weight excluding hydrogens is 410 g/mol. The van der Waals surface area contributed by atoms with Crippen LogP contribution in [0.4, 0.5) is 0 Å². The van der Waals surface area contributed by atoms with Gasteiger partial charge in [-0.25, -0.2) is 0 Å². The number of benzene rings is 2. The molecule has 1 aliphatic rings. The molecule has 2 aromatic carbocycles. The number of aromatic nitrogens is 1. The van der Waals surface area contributed by atoms with Crippen LogP contribution in [0.3, 0.4) is 0 Å². The fraction of sp³-hybridized carbons (Fsp3) is 0.360. The van der Waals surface area contributed by atoms with E-state index in [1.165, 1.54) is 0 Å². The van der Waals surface area contributed by atoms with E-state index in [0.717, 1.165) is 17.5 Å². The Morgan fingerprint density at radius 2 is 1.97 bits per heavy atom. The van der Waals surface area contributed by atoms with Crippen LogP contribution in [0, 0.1) is 0 Å². The quantitative estimate of drug-likeness (QED) is 0.497. The minimum atomic E-state index is -0.388. The molecule has 0 spiro atoms. The van der Waals surface area contributed by atoms with Crippen LogP contribution in [0.1, 0.15) is 25.8 Å². The Labute approximate surface area is 186 Å². The van der Waals surface area contributed by atoms with Crippen LogP contribution in [0.5, 0.6) is 17.2 Å². The third-order valence-corrected chi connectivity index (χ3v) is 5.42. The average molecular weight is 437 g/mol. The van der Waals surface area contributed by atoms with Crippen LogP contribution in [-0.4, -0.2) is 37.5 Å². The van der Waals surface area contributed by atoms with E-state index < -0.39 is 0 Å². The molecule has 0 amide bonds. The van der Waals surface area contributed by atoms with Crippen LogP contribution >= 0.6 is 0 Å². The van der Waals surface area contributed by atoms with Crippen molar-refractivity contribution in [2.24, 2.45) is 0 Å². The fourth-order valence-corrected chi connectivity index (χ4v) is 3.98. The number of fused-ring (bicyclic) bond motifs is 3. The highest BCUT2D eigenvalue weighted by molar-refractivity contribution is 5.95. The first-order valence-electron chi connectivity index (χ1n) is 10.9. The first kappa shape index (κ1) is 21.7. The zero-order valence-corrected chi connectivity index (χ0v) is 18.6. The van der Waals surface area contributed by atoms with E-state index in [1.807, 2.05) is 25.1 Å². The molecule has 32 heavy (non-hydrogen) atoms. The first-order valence-corrected chi connectivity index (χ1v) is 10.9. The maximum Gasteiger partial charge on any atom is 0.325 e. The molecule has 0 atom stereocenters. The molecular formula is C25H27NO6. The smallest absolute Gasteiger partial charge is 0.325 e. The van der Waals surface area contributed by atoms with E-state index in [2.05, 4.69) is 0 Å². The number of hydrogen-bond acceptors (Lipinski definition) is 6. The maximum atomic E-state index is 13.7. The van der Waals surface area contributed by atoms with Gasteiger partial charge >= 0.3 is 5.97 Å². The predicted octanol–water partition coefficient (Wildman–Crippen LogP) is 3.96. The second kappa shape index (κ2) is 9.34. The molecule has 2 heterocycles. The van der Waals surface area contributed by atoms with Gasteiger partial charge in [-0.05, 0) is 37.1 Å². The Kier molecular flexibility index (Phi) is 6.35. The Morgan fingerprint density at radius 3 is 2.66 bits per heavy atom. The molecule has 0 radical (unpaired) electrons. The Hall–Kier alpha value is -3.48. The summed E-state index contributed by atoms with van der Waals surface area (Å²) in [4.78, 5) is 26.2. The zero-order valence-electron chi connectivity index (χ0n) is 18.6. The lowest BCUT2D eigenvalue weighted by atomic mass is 10.0. The first-order chi connectivity index (χ1) is 15.6. The molecule has 0 bridgehead atoms. The average Bonchev–Trinajstić information content (AvgIpc) is 3.27. The number of hydrogen-bond donors (Lipinski definition) is 0. The minimum Gasteiger partial charge on any atom is -0.497 e. The van der Waals surface area contributed by atoms with Crippen LogP contribution in [0.15, 0.2) is 41.3 Å². The van der Waals surface area contributed by atoms with Gasteiger partial charge in [0.15, 0.2) is 0 Å². The second-order valence-corrected chi connectivity index (χ2v) is 7.57. The molecule has 0 saturated carbocycles. The number of nitrogens with zero attached hydrogens (tertiary/aromatic N) is 1. The summed E-state index contributed by atoms with van der Waals surface area (Å²) < 4.78 is 24.1. The van der Waals surface area contributed by atoms with Crippen molar-refractivity contribution in [3.8, 4) is 28.4 Å². The van der Waals surface area contributed by atoms with Gasteiger partial charge in [0, 0.05) is 23.7 Å². The SMILES string of the molecule is CCCOc1cc2c(c3c(=O)c(-c4ccc(OC)cc4)cn(CC(=O)OCC)c13)OCC2. The van der Waals surface area contributed by atoms with Crippen LogP contribution in [0.2, 0.25) is 0 Å². The summed E-state index contributed by atoms with van der Waals surface area (Å²) in [7, 11) is 1.59. The van der Waals surface area contributed by atoms with E-state index in [4.69, 9.17) is 18.9 Å². The van der Waals surface area contributed by atoms with Crippen molar-refractivity contribution in [1.82, 2.24) is 4.57 Å². The third kappa shape index (κ3) is 4.02. The van der Waals surface area contributed by atoms with Gasteiger partial charge in [0.2, 0.25) is 5.43 Å². The second-order valence-electron chi connectivity index (χ2n) is 7.57. The van der Waals surface area contributed by atoms with E-state index >= 15 is 0 Å². The van der Waals surface area contributed by atoms with E-state index in [9.17, 15) is 9.59 Å². The van der Waals surface area contributed by atoms with Crippen molar-refractivity contribution >= 4 is 16.9 Å². The summed E-state index contributed by atoms with van der Waals surface area (Å²) in [5, 5.41) is 0.434. The number of rotatable bonds is 8. The van der Waals surface area contributed by atoms with E-state index in [1.54, 1.807) is 36.9 Å². The van der Waals surface area contributed by atoms with Gasteiger partial charge in [-0.1, -0.05) is 19.1 Å². The Balaban J connectivity index is 2.00. The van der Waals surface area contributed by atoms with Gasteiger partial charge in [0.05, 0.1) is 37.8 Å². The zero-order chi connectivity index (χ0) is 22.7. The maximum absolute atomic E-state index is 13.7. The van der Waals surface area contributed by atoms with Gasteiger partial charge in [-0.15, -0.1) is 0 Å². The number of ether oxygens (including phenoxy) is 4. The topological polar surface area (TPSA) is 76.0 Å². The summed E-state index contributed by atoms with van der Waals surface area (Å²) in [5.74, 6) is 1.46. The lowest BCUT2D eigenvalue weighted by molar-refractivity contribution is -0.143. The van der Waals surface area contributed by atoms with Crippen molar-refractivity contribution in [3.63, 3.8) is 0 Å². The number of carbonyl (C=O) groups excluding carboxylic acids is 1. The van der Waals surface area contributed by atoms with Crippen LogP contribution in [-0.2, 0) is 22.5 Å². The molecule has 0 aliphatic carbocycles. The Morgan fingerprint density at radius 1 is 1.19 bits per heavy atom. The molecule has 7 heteroatoms. The van der Waals surface area contributed by atoms with Gasteiger partial charge < -0.3 is 23.5 Å². The number of pyridine rings is 1. The molecule has 0 unspecified atom stereocenters. The van der Waals surface area contributed by atoms with Crippen molar-refractivity contribution in [3.05, 3.63) is 52.3 Å². The van der Waals surface area contributed by atoms with E-state index in [0.29, 0.717) is 53.3 Å². The highest BCUT2D eigenvalue weighted by Crippen LogP contribution is 2.39. The van der Waals surface area contributed by atoms with Crippen LogP contribution < -0.4 is 19.6 Å². The molecule has 1 aromatic heterocycles. The molecule has 0 saturated heterocycles. The van der Waals surface area contributed by atoms with Crippen molar-refractivity contribution in [2.75, 3.05) is 26.9 Å². The molecule has 7 nitrogen and oxygen atoms in total. The van der Waals surface area contributed by atoms with Gasteiger partial charge in [0.1, 0.15) is 23.8 Å². The number of esters is 1. The van der Waals surface area contributed by atoms with Gasteiger partial charge in [-0.3, -0.25) is 9.59 Å². The molecule has 1 aliphatic heterocycles. The summed E-state index contributed by atoms with van der Waals surface area (Å²) in [6.07, 6.45) is 3.22. The molecule has 168 valence electrons. The standard InChI is InChI=1S/C25H27NO6/c1-4-11-31-20-13-17-10-12-32-25(17)22-23(20)26(15-21(27)30-5-2)14-19(24(22)28)16-6-8-18(29-3)9-7-16/h6-9,13-14H,4-5,10-12,15H2,1-3H3.